The first-order valence-corrected chi connectivity index (χ1v) is 9.17. The molecule has 0 aliphatic heterocycles. The molecule has 1 aromatic heterocycles. The molecule has 1 aromatic carbocycles. The number of rotatable bonds is 9. The molecule has 0 N–H and O–H groups in total. The van der Waals surface area contributed by atoms with Crippen LogP contribution in [0.3, 0.4) is 0 Å². The van der Waals surface area contributed by atoms with Crippen molar-refractivity contribution < 1.29 is 4.79 Å². The Balaban J connectivity index is 2.11. The van der Waals surface area contributed by atoms with Crippen molar-refractivity contribution in [2.45, 2.75) is 27.7 Å². The van der Waals surface area contributed by atoms with E-state index >= 15 is 0 Å². The number of nitrogens with zero attached hydrogens (tertiary/aromatic N) is 4. The fourth-order valence-corrected chi connectivity index (χ4v) is 2.84. The van der Waals surface area contributed by atoms with Crippen LogP contribution in [0.1, 0.15) is 38.2 Å². The number of hydrogen-bond acceptors (Lipinski definition) is 3. The third-order valence-corrected chi connectivity index (χ3v) is 4.28. The summed E-state index contributed by atoms with van der Waals surface area (Å²) < 4.78 is 1.76. The molecule has 0 aliphatic rings. The molecule has 25 heavy (non-hydrogen) atoms. The quantitative estimate of drug-likeness (QED) is 0.702. The van der Waals surface area contributed by atoms with Gasteiger partial charge in [-0.25, -0.2) is 4.68 Å². The van der Waals surface area contributed by atoms with Crippen molar-refractivity contribution >= 4 is 5.91 Å². The lowest BCUT2D eigenvalue weighted by atomic mass is 10.2. The van der Waals surface area contributed by atoms with Crippen LogP contribution in [0.25, 0.3) is 5.69 Å². The Morgan fingerprint density at radius 2 is 1.76 bits per heavy atom. The molecular formula is C20H30N4O. The van der Waals surface area contributed by atoms with Gasteiger partial charge in [-0.15, -0.1) is 0 Å². The number of carbonyl (C=O) groups is 1. The molecule has 5 nitrogen and oxygen atoms in total. The summed E-state index contributed by atoms with van der Waals surface area (Å²) in [7, 11) is 0. The highest BCUT2D eigenvalue weighted by atomic mass is 16.2. The maximum atomic E-state index is 12.9. The average molecular weight is 342 g/mol. The van der Waals surface area contributed by atoms with E-state index in [0.717, 1.165) is 38.4 Å². The summed E-state index contributed by atoms with van der Waals surface area (Å²) in [6, 6.07) is 11.7. The van der Waals surface area contributed by atoms with Crippen LogP contribution in [0.2, 0.25) is 0 Å². The van der Waals surface area contributed by atoms with Crippen molar-refractivity contribution in [2.24, 2.45) is 5.92 Å². The monoisotopic (exact) mass is 342 g/mol. The Labute approximate surface area is 151 Å². The molecule has 0 fully saturated rings. The predicted molar refractivity (Wildman–Crippen MR) is 102 cm³/mol. The number of amides is 1. The highest BCUT2D eigenvalue weighted by Gasteiger charge is 2.20. The fourth-order valence-electron chi connectivity index (χ4n) is 2.84. The second kappa shape index (κ2) is 9.37. The minimum atomic E-state index is 0.00976. The molecule has 2 rings (SSSR count). The third-order valence-electron chi connectivity index (χ3n) is 4.28. The van der Waals surface area contributed by atoms with Crippen LogP contribution in [-0.2, 0) is 0 Å². The number of benzene rings is 1. The molecular weight excluding hydrogens is 312 g/mol. The van der Waals surface area contributed by atoms with Gasteiger partial charge in [-0.05, 0) is 37.2 Å². The Morgan fingerprint density at radius 3 is 2.36 bits per heavy atom. The van der Waals surface area contributed by atoms with E-state index in [9.17, 15) is 4.79 Å². The van der Waals surface area contributed by atoms with Crippen LogP contribution in [-0.4, -0.2) is 58.2 Å². The molecule has 136 valence electrons. The van der Waals surface area contributed by atoms with Gasteiger partial charge in [0, 0.05) is 25.8 Å². The Hall–Kier alpha value is -2.14. The van der Waals surface area contributed by atoms with E-state index < -0.39 is 0 Å². The largest absolute Gasteiger partial charge is 0.336 e. The second-order valence-corrected chi connectivity index (χ2v) is 6.65. The van der Waals surface area contributed by atoms with Gasteiger partial charge in [-0.2, -0.15) is 5.10 Å². The molecule has 0 atom stereocenters. The average Bonchev–Trinajstić information content (AvgIpc) is 3.11. The van der Waals surface area contributed by atoms with Gasteiger partial charge in [0.1, 0.15) is 0 Å². The molecule has 1 amide bonds. The molecule has 0 bridgehead atoms. The van der Waals surface area contributed by atoms with Gasteiger partial charge in [0.05, 0.1) is 5.69 Å². The maximum absolute atomic E-state index is 12.9. The summed E-state index contributed by atoms with van der Waals surface area (Å²) in [5, 5.41) is 4.49. The minimum absolute atomic E-state index is 0.00976. The van der Waals surface area contributed by atoms with Crippen LogP contribution in [0.4, 0.5) is 0 Å². The van der Waals surface area contributed by atoms with Gasteiger partial charge < -0.3 is 9.80 Å². The van der Waals surface area contributed by atoms with E-state index in [2.05, 4.69) is 37.7 Å². The number of hydrogen-bond donors (Lipinski definition) is 0. The zero-order chi connectivity index (χ0) is 18.2. The van der Waals surface area contributed by atoms with Gasteiger partial charge in [-0.1, -0.05) is 45.9 Å². The topological polar surface area (TPSA) is 41.4 Å². The van der Waals surface area contributed by atoms with Gasteiger partial charge in [0.25, 0.3) is 5.91 Å². The zero-order valence-electron chi connectivity index (χ0n) is 15.9. The molecule has 5 heteroatoms. The van der Waals surface area contributed by atoms with E-state index in [0.29, 0.717) is 11.6 Å². The lowest BCUT2D eigenvalue weighted by Gasteiger charge is -2.27. The summed E-state index contributed by atoms with van der Waals surface area (Å²) in [6.45, 7) is 13.0. The van der Waals surface area contributed by atoms with Gasteiger partial charge in [-0.3, -0.25) is 4.79 Å². The lowest BCUT2D eigenvalue weighted by Crippen LogP contribution is -2.40. The van der Waals surface area contributed by atoms with E-state index in [4.69, 9.17) is 0 Å². The summed E-state index contributed by atoms with van der Waals surface area (Å²) in [5.41, 5.74) is 1.46. The first kappa shape index (κ1) is 19.2. The van der Waals surface area contributed by atoms with Gasteiger partial charge >= 0.3 is 0 Å². The Kier molecular flexibility index (Phi) is 7.19. The minimum Gasteiger partial charge on any atom is -0.336 e. The SMILES string of the molecule is CCN(CC)CCN(CC(C)C)C(=O)c1ccn(-c2ccccc2)n1. The fraction of sp³-hybridized carbons (Fsp3) is 0.500. The van der Waals surface area contributed by atoms with Crippen LogP contribution in [0.15, 0.2) is 42.6 Å². The zero-order valence-corrected chi connectivity index (χ0v) is 15.9. The number of likely N-dealkylation sites (N-methyl/N-ethyl adjacent to an activating group) is 1. The van der Waals surface area contributed by atoms with Crippen molar-refractivity contribution in [1.29, 1.82) is 0 Å². The second-order valence-electron chi connectivity index (χ2n) is 6.65. The molecule has 0 unspecified atom stereocenters. The maximum Gasteiger partial charge on any atom is 0.274 e. The number of aromatic nitrogens is 2. The first-order chi connectivity index (χ1) is 12.0. The van der Waals surface area contributed by atoms with E-state index in [1.165, 1.54) is 0 Å². The summed E-state index contributed by atoms with van der Waals surface area (Å²) >= 11 is 0. The Morgan fingerprint density at radius 1 is 1.08 bits per heavy atom. The predicted octanol–water partition coefficient (Wildman–Crippen LogP) is 3.31. The first-order valence-electron chi connectivity index (χ1n) is 9.17. The number of para-hydroxylation sites is 1. The lowest BCUT2D eigenvalue weighted by molar-refractivity contribution is 0.0710. The molecule has 1 heterocycles. The summed E-state index contributed by atoms with van der Waals surface area (Å²) in [6.07, 6.45) is 1.85. The Bertz CT molecular complexity index is 647. The number of carbonyl (C=O) groups excluding carboxylic acids is 1. The van der Waals surface area contributed by atoms with Gasteiger partial charge in [0.15, 0.2) is 5.69 Å². The van der Waals surface area contributed by atoms with Crippen molar-refractivity contribution in [1.82, 2.24) is 19.6 Å². The summed E-state index contributed by atoms with van der Waals surface area (Å²) in [5.74, 6) is 0.437. The molecule has 2 aromatic rings. The summed E-state index contributed by atoms with van der Waals surface area (Å²) in [4.78, 5) is 17.2. The highest BCUT2D eigenvalue weighted by Crippen LogP contribution is 2.10. The molecule has 0 saturated heterocycles. The van der Waals surface area contributed by atoms with Crippen molar-refractivity contribution in [2.75, 3.05) is 32.7 Å². The molecule has 0 spiro atoms. The van der Waals surface area contributed by atoms with E-state index in [1.807, 2.05) is 41.4 Å². The van der Waals surface area contributed by atoms with Crippen LogP contribution in [0.5, 0.6) is 0 Å². The van der Waals surface area contributed by atoms with Crippen molar-refractivity contribution in [3.8, 4) is 5.69 Å². The smallest absolute Gasteiger partial charge is 0.274 e. The van der Waals surface area contributed by atoms with Crippen LogP contribution < -0.4 is 0 Å². The molecule has 0 aliphatic carbocycles. The van der Waals surface area contributed by atoms with Gasteiger partial charge in [0.2, 0.25) is 0 Å². The molecule has 0 saturated carbocycles. The van der Waals surface area contributed by atoms with E-state index in [-0.39, 0.29) is 5.91 Å². The van der Waals surface area contributed by atoms with Crippen LogP contribution in [0, 0.1) is 5.92 Å². The van der Waals surface area contributed by atoms with E-state index in [1.54, 1.807) is 10.7 Å². The standard InChI is InChI=1S/C20H30N4O/c1-5-22(6-2)14-15-23(16-17(3)4)20(25)19-12-13-24(21-19)18-10-8-7-9-11-18/h7-13,17H,5-6,14-16H2,1-4H3. The normalized spacial score (nSPS) is 11.3. The molecule has 0 radical (unpaired) electrons. The third kappa shape index (κ3) is 5.43. The highest BCUT2D eigenvalue weighted by molar-refractivity contribution is 5.92. The van der Waals surface area contributed by atoms with Crippen molar-refractivity contribution in [3.63, 3.8) is 0 Å². The van der Waals surface area contributed by atoms with Crippen LogP contribution >= 0.6 is 0 Å². The van der Waals surface area contributed by atoms with Crippen molar-refractivity contribution in [3.05, 3.63) is 48.3 Å².